The summed E-state index contributed by atoms with van der Waals surface area (Å²) in [6.07, 6.45) is 1.18. The van der Waals surface area contributed by atoms with Crippen LogP contribution in [0.2, 0.25) is 0 Å². The fourth-order valence-corrected chi connectivity index (χ4v) is 5.13. The third-order valence-corrected chi connectivity index (χ3v) is 6.76. The van der Waals surface area contributed by atoms with Gasteiger partial charge in [-0.15, -0.1) is 0 Å². The van der Waals surface area contributed by atoms with Gasteiger partial charge in [-0.25, -0.2) is 27.0 Å². The van der Waals surface area contributed by atoms with Gasteiger partial charge in [-0.1, -0.05) is 12.1 Å². The number of carbonyl (C=O) groups excluding carboxylic acids is 1. The van der Waals surface area contributed by atoms with E-state index in [1.54, 1.807) is 20.8 Å². The molecule has 0 N–H and O–H groups in total. The number of aromatic nitrogens is 2. The van der Waals surface area contributed by atoms with Crippen LogP contribution in [0.4, 0.5) is 13.6 Å². The van der Waals surface area contributed by atoms with Crippen molar-refractivity contribution in [2.24, 2.45) is 0 Å². The van der Waals surface area contributed by atoms with Gasteiger partial charge in [0.1, 0.15) is 28.7 Å². The summed E-state index contributed by atoms with van der Waals surface area (Å²) in [7, 11) is -3.87. The first-order valence-electron chi connectivity index (χ1n) is 11.0. The summed E-state index contributed by atoms with van der Waals surface area (Å²) < 4.78 is 60.9. The molecule has 8 nitrogen and oxygen atoms in total. The maximum absolute atomic E-state index is 14.9. The Bertz CT molecular complexity index is 1480. The lowest BCUT2D eigenvalue weighted by atomic mass is 10.1. The second-order valence-corrected chi connectivity index (χ2v) is 11.4. The van der Waals surface area contributed by atoms with Gasteiger partial charge in [0.05, 0.1) is 21.8 Å². The quantitative estimate of drug-likeness (QED) is 0.531. The fraction of sp³-hybridized carbons (Fsp3) is 0.375. The van der Waals surface area contributed by atoms with Crippen LogP contribution < -0.4 is 5.56 Å². The van der Waals surface area contributed by atoms with Crippen LogP contribution in [0.15, 0.2) is 46.1 Å². The molecule has 0 aliphatic carbocycles. The molecule has 2 aromatic carbocycles. The maximum atomic E-state index is 14.9. The first-order valence-corrected chi connectivity index (χ1v) is 12.9. The largest absolute Gasteiger partial charge is 0.444 e. The number of para-hydroxylation sites is 1. The highest BCUT2D eigenvalue weighted by atomic mass is 32.2. The zero-order chi connectivity index (χ0) is 25.7. The number of hydrogen-bond acceptors (Lipinski definition) is 6. The van der Waals surface area contributed by atoms with E-state index in [9.17, 15) is 26.8 Å². The molecule has 0 spiro atoms. The summed E-state index contributed by atoms with van der Waals surface area (Å²) in [5, 5.41) is -0.289. The van der Waals surface area contributed by atoms with Crippen molar-refractivity contribution in [1.82, 2.24) is 14.5 Å². The Morgan fingerprint density at radius 1 is 1.11 bits per heavy atom. The van der Waals surface area contributed by atoms with Gasteiger partial charge in [-0.2, -0.15) is 0 Å². The monoisotopic (exact) mass is 505 g/mol. The summed E-state index contributed by atoms with van der Waals surface area (Å²) in [5.41, 5.74) is -2.40. The molecule has 1 aliphatic heterocycles. The van der Waals surface area contributed by atoms with Gasteiger partial charge in [0.2, 0.25) is 0 Å². The topological polar surface area (TPSA) is 98.6 Å². The Labute approximate surface area is 201 Å². The van der Waals surface area contributed by atoms with Gasteiger partial charge in [0, 0.05) is 12.8 Å². The summed E-state index contributed by atoms with van der Waals surface area (Å²) in [4.78, 5) is 32.3. The first-order chi connectivity index (χ1) is 16.3. The van der Waals surface area contributed by atoms with Crippen LogP contribution in [0.25, 0.3) is 16.6 Å². The van der Waals surface area contributed by atoms with Crippen molar-refractivity contribution in [3.05, 3.63) is 64.2 Å². The summed E-state index contributed by atoms with van der Waals surface area (Å²) in [6.45, 7) is 5.42. The first kappa shape index (κ1) is 24.8. The summed E-state index contributed by atoms with van der Waals surface area (Å²) in [5.74, 6) is -2.15. The van der Waals surface area contributed by atoms with Gasteiger partial charge in [-0.3, -0.25) is 14.3 Å². The van der Waals surface area contributed by atoms with Crippen molar-refractivity contribution in [2.45, 2.75) is 50.2 Å². The molecule has 186 valence electrons. The molecule has 1 atom stereocenters. The molecule has 0 radical (unpaired) electrons. The number of rotatable bonds is 3. The Kier molecular flexibility index (Phi) is 6.16. The number of likely N-dealkylation sites (tertiary alicyclic amines) is 1. The van der Waals surface area contributed by atoms with E-state index in [4.69, 9.17) is 4.74 Å². The summed E-state index contributed by atoms with van der Waals surface area (Å²) >= 11 is 0. The number of amides is 1. The van der Waals surface area contributed by atoms with E-state index >= 15 is 0 Å². The van der Waals surface area contributed by atoms with Crippen LogP contribution in [-0.4, -0.2) is 47.4 Å². The molecule has 1 saturated heterocycles. The molecular weight excluding hydrogens is 480 g/mol. The highest BCUT2D eigenvalue weighted by Crippen LogP contribution is 2.35. The number of sulfone groups is 1. The van der Waals surface area contributed by atoms with Crippen LogP contribution in [0.3, 0.4) is 0 Å². The lowest BCUT2D eigenvalue weighted by Crippen LogP contribution is -2.39. The van der Waals surface area contributed by atoms with E-state index in [-0.39, 0.29) is 28.2 Å². The Morgan fingerprint density at radius 2 is 1.74 bits per heavy atom. The molecule has 3 aromatic rings. The van der Waals surface area contributed by atoms with Crippen LogP contribution >= 0.6 is 0 Å². The maximum Gasteiger partial charge on any atom is 0.410 e. The molecule has 1 aliphatic rings. The highest BCUT2D eigenvalue weighted by Gasteiger charge is 2.37. The Morgan fingerprint density at radius 3 is 2.34 bits per heavy atom. The van der Waals surface area contributed by atoms with Crippen LogP contribution in [0.1, 0.15) is 45.5 Å². The van der Waals surface area contributed by atoms with Crippen molar-refractivity contribution in [1.29, 1.82) is 0 Å². The SMILES string of the molecule is CC(C)(C)OC(=O)N1CCC[C@H]1c1nc2cccc(S(C)(=O)=O)c2c(=O)n1-c1c(F)cccc1F. The number of nitrogens with zero attached hydrogens (tertiary/aromatic N) is 3. The van der Waals surface area contributed by atoms with Crippen LogP contribution in [0.5, 0.6) is 0 Å². The molecule has 0 unspecified atom stereocenters. The van der Waals surface area contributed by atoms with E-state index in [2.05, 4.69) is 4.98 Å². The number of carbonyl (C=O) groups is 1. The standard InChI is InChI=1S/C24H25F2N3O5S/c1-24(2,3)34-23(31)28-13-7-11-17(28)21-27-16-10-6-12-18(35(4,32)33)19(16)22(30)29(21)20-14(25)8-5-9-15(20)26/h5-6,8-10,12,17H,7,11,13H2,1-4H3/t17-/m0/s1. The number of hydrogen-bond donors (Lipinski definition) is 0. The predicted molar refractivity (Wildman–Crippen MR) is 125 cm³/mol. The van der Waals surface area contributed by atoms with Crippen molar-refractivity contribution >= 4 is 26.8 Å². The molecule has 1 amide bonds. The van der Waals surface area contributed by atoms with Crippen molar-refractivity contribution < 1.29 is 26.7 Å². The number of fused-ring (bicyclic) bond motifs is 1. The van der Waals surface area contributed by atoms with Crippen LogP contribution in [-0.2, 0) is 14.6 Å². The molecule has 1 fully saturated rings. The van der Waals surface area contributed by atoms with E-state index in [0.717, 1.165) is 29.0 Å². The minimum Gasteiger partial charge on any atom is -0.444 e. The van der Waals surface area contributed by atoms with E-state index in [0.29, 0.717) is 12.8 Å². The van der Waals surface area contributed by atoms with Gasteiger partial charge in [0.25, 0.3) is 5.56 Å². The molecule has 0 bridgehead atoms. The number of benzene rings is 2. The highest BCUT2D eigenvalue weighted by molar-refractivity contribution is 7.91. The van der Waals surface area contributed by atoms with Crippen LogP contribution in [0, 0.1) is 11.6 Å². The lowest BCUT2D eigenvalue weighted by molar-refractivity contribution is 0.0216. The molecular formula is C24H25F2N3O5S. The molecule has 2 heterocycles. The van der Waals surface area contributed by atoms with Gasteiger partial charge >= 0.3 is 6.09 Å². The molecule has 0 saturated carbocycles. The fourth-order valence-electron chi connectivity index (χ4n) is 4.24. The zero-order valence-corrected chi connectivity index (χ0v) is 20.5. The molecule has 11 heteroatoms. The van der Waals surface area contributed by atoms with E-state index in [1.807, 2.05) is 0 Å². The average Bonchev–Trinajstić information content (AvgIpc) is 3.22. The molecule has 4 rings (SSSR count). The van der Waals surface area contributed by atoms with Crippen molar-refractivity contribution in [3.63, 3.8) is 0 Å². The normalized spacial score (nSPS) is 16.6. The third kappa shape index (κ3) is 4.64. The van der Waals surface area contributed by atoms with Gasteiger partial charge < -0.3 is 4.74 Å². The lowest BCUT2D eigenvalue weighted by Gasteiger charge is -2.29. The Balaban J connectivity index is 2.06. The third-order valence-electron chi connectivity index (χ3n) is 5.62. The van der Waals surface area contributed by atoms with Crippen molar-refractivity contribution in [2.75, 3.05) is 12.8 Å². The Hall–Kier alpha value is -3.34. The smallest absolute Gasteiger partial charge is 0.410 e. The number of ether oxygens (including phenoxy) is 1. The zero-order valence-electron chi connectivity index (χ0n) is 19.7. The molecule has 35 heavy (non-hydrogen) atoms. The van der Waals surface area contributed by atoms with E-state index in [1.165, 1.54) is 23.1 Å². The van der Waals surface area contributed by atoms with E-state index < -0.39 is 50.5 Å². The van der Waals surface area contributed by atoms with Gasteiger partial charge in [-0.05, 0) is 57.9 Å². The second kappa shape index (κ2) is 8.71. The van der Waals surface area contributed by atoms with Crippen molar-refractivity contribution in [3.8, 4) is 5.69 Å². The average molecular weight is 506 g/mol. The second-order valence-electron chi connectivity index (χ2n) is 9.44. The predicted octanol–water partition coefficient (Wildman–Crippen LogP) is 4.14. The summed E-state index contributed by atoms with van der Waals surface area (Å²) in [6, 6.07) is 6.42. The molecule has 1 aromatic heterocycles. The number of halogens is 2. The van der Waals surface area contributed by atoms with Gasteiger partial charge in [0.15, 0.2) is 9.84 Å². The minimum absolute atomic E-state index is 0.0389. The minimum atomic E-state index is -3.87.